The highest BCUT2D eigenvalue weighted by Crippen LogP contribution is 2.27. The fourth-order valence-corrected chi connectivity index (χ4v) is 4.17. The average molecular weight is 382 g/mol. The van der Waals surface area contributed by atoms with Crippen molar-refractivity contribution in [2.75, 3.05) is 33.2 Å². The largest absolute Gasteiger partial charge is 0.431 e. The van der Waals surface area contributed by atoms with Crippen molar-refractivity contribution in [3.05, 3.63) is 59.7 Å². The van der Waals surface area contributed by atoms with Crippen LogP contribution in [0.1, 0.15) is 22.3 Å². The van der Waals surface area contributed by atoms with Gasteiger partial charge in [0.05, 0.1) is 0 Å². The number of carbonyl (C=O) groups excluding carboxylic acids is 1. The Morgan fingerprint density at radius 3 is 2.78 bits per heavy atom. The highest BCUT2D eigenvalue weighted by atomic mass is 32.2. The highest BCUT2D eigenvalue weighted by Gasteiger charge is 2.21. The van der Waals surface area contributed by atoms with E-state index in [9.17, 15) is 4.79 Å². The van der Waals surface area contributed by atoms with E-state index in [0.29, 0.717) is 11.0 Å². The van der Waals surface area contributed by atoms with E-state index in [0.717, 1.165) is 54.8 Å². The molecular weight excluding hydrogens is 358 g/mol. The van der Waals surface area contributed by atoms with E-state index in [2.05, 4.69) is 16.9 Å². The molecule has 3 aromatic rings. The second kappa shape index (κ2) is 8.15. The van der Waals surface area contributed by atoms with Gasteiger partial charge in [-0.2, -0.15) is 0 Å². The number of hydrogen-bond acceptors (Lipinski definition) is 5. The summed E-state index contributed by atoms with van der Waals surface area (Å²) in [5.41, 5.74) is 3.45. The van der Waals surface area contributed by atoms with E-state index in [1.54, 1.807) is 0 Å². The molecule has 6 heteroatoms. The van der Waals surface area contributed by atoms with Crippen molar-refractivity contribution in [3.8, 4) is 0 Å². The number of amides is 1. The molecule has 0 spiro atoms. The van der Waals surface area contributed by atoms with Crippen LogP contribution in [-0.4, -0.2) is 53.9 Å². The molecule has 1 aliphatic heterocycles. The summed E-state index contributed by atoms with van der Waals surface area (Å²) >= 11 is 1.53. The molecule has 0 atom stereocenters. The van der Waals surface area contributed by atoms with Crippen LogP contribution in [0.25, 0.3) is 11.1 Å². The van der Waals surface area contributed by atoms with E-state index in [4.69, 9.17) is 4.42 Å². The molecule has 0 N–H and O–H groups in total. The minimum Gasteiger partial charge on any atom is -0.431 e. The molecule has 1 aliphatic rings. The summed E-state index contributed by atoms with van der Waals surface area (Å²) in [7, 11) is 2.11. The van der Waals surface area contributed by atoms with Crippen LogP contribution in [0, 0.1) is 0 Å². The van der Waals surface area contributed by atoms with Crippen LogP contribution in [0.15, 0.2) is 58.2 Å². The Kier molecular flexibility index (Phi) is 5.45. The van der Waals surface area contributed by atoms with Crippen molar-refractivity contribution in [2.24, 2.45) is 0 Å². The normalized spacial score (nSPS) is 15.8. The Morgan fingerprint density at radius 2 is 1.89 bits per heavy atom. The molecule has 2 heterocycles. The lowest BCUT2D eigenvalue weighted by Gasteiger charge is -2.22. The monoisotopic (exact) mass is 381 g/mol. The van der Waals surface area contributed by atoms with Crippen molar-refractivity contribution in [2.45, 2.75) is 17.4 Å². The van der Waals surface area contributed by atoms with Gasteiger partial charge in [-0.25, -0.2) is 4.98 Å². The summed E-state index contributed by atoms with van der Waals surface area (Å²) < 4.78 is 5.79. The molecule has 1 saturated heterocycles. The predicted octanol–water partition coefficient (Wildman–Crippen LogP) is 3.90. The fraction of sp³-hybridized carbons (Fsp3) is 0.333. The van der Waals surface area contributed by atoms with Gasteiger partial charge in [-0.1, -0.05) is 42.1 Å². The van der Waals surface area contributed by atoms with Gasteiger partial charge in [-0.05, 0) is 43.8 Å². The number of nitrogens with zero attached hydrogens (tertiary/aromatic N) is 3. The maximum atomic E-state index is 13.1. The molecule has 1 aromatic heterocycles. The summed E-state index contributed by atoms with van der Waals surface area (Å²) in [6.45, 7) is 3.56. The summed E-state index contributed by atoms with van der Waals surface area (Å²) in [5.74, 6) is 0.779. The minimum atomic E-state index is 0.124. The zero-order valence-corrected chi connectivity index (χ0v) is 16.2. The van der Waals surface area contributed by atoms with Crippen molar-refractivity contribution in [3.63, 3.8) is 0 Å². The summed E-state index contributed by atoms with van der Waals surface area (Å²) in [4.78, 5) is 21.9. The van der Waals surface area contributed by atoms with Crippen molar-refractivity contribution < 1.29 is 9.21 Å². The van der Waals surface area contributed by atoms with Gasteiger partial charge in [0.1, 0.15) is 5.52 Å². The van der Waals surface area contributed by atoms with Gasteiger partial charge in [-0.15, -0.1) is 0 Å². The van der Waals surface area contributed by atoms with E-state index >= 15 is 0 Å². The molecule has 0 radical (unpaired) electrons. The van der Waals surface area contributed by atoms with E-state index in [1.807, 2.05) is 53.4 Å². The number of benzene rings is 2. The van der Waals surface area contributed by atoms with Gasteiger partial charge < -0.3 is 14.2 Å². The molecule has 4 rings (SSSR count). The lowest BCUT2D eigenvalue weighted by molar-refractivity contribution is 0.0762. The number of para-hydroxylation sites is 2. The number of likely N-dealkylation sites (N-methyl/N-ethyl adjacent to an activating group) is 1. The lowest BCUT2D eigenvalue weighted by Crippen LogP contribution is -2.35. The first kappa shape index (κ1) is 18.1. The average Bonchev–Trinajstić information content (AvgIpc) is 2.99. The molecule has 0 unspecified atom stereocenters. The topological polar surface area (TPSA) is 49.6 Å². The quantitative estimate of drug-likeness (QED) is 0.642. The van der Waals surface area contributed by atoms with Crippen LogP contribution in [0.4, 0.5) is 0 Å². The molecule has 0 aliphatic carbocycles. The fourth-order valence-electron chi connectivity index (χ4n) is 3.33. The number of rotatable bonds is 4. The smallest absolute Gasteiger partial charge is 0.257 e. The van der Waals surface area contributed by atoms with Gasteiger partial charge >= 0.3 is 0 Å². The van der Waals surface area contributed by atoms with Crippen molar-refractivity contribution in [1.29, 1.82) is 0 Å². The lowest BCUT2D eigenvalue weighted by atomic mass is 10.1. The second-order valence-electron chi connectivity index (χ2n) is 6.84. The SMILES string of the molecule is CN1CCCN(C(=O)c2ccccc2CSc2nc3ccccc3o2)CC1. The highest BCUT2D eigenvalue weighted by molar-refractivity contribution is 7.98. The minimum absolute atomic E-state index is 0.124. The number of carbonyl (C=O) groups is 1. The third kappa shape index (κ3) is 4.17. The summed E-state index contributed by atoms with van der Waals surface area (Å²) in [6, 6.07) is 15.6. The van der Waals surface area contributed by atoms with E-state index in [-0.39, 0.29) is 5.91 Å². The van der Waals surface area contributed by atoms with Crippen LogP contribution in [0.5, 0.6) is 0 Å². The van der Waals surface area contributed by atoms with Gasteiger partial charge in [0.2, 0.25) is 0 Å². The number of thioether (sulfide) groups is 1. The van der Waals surface area contributed by atoms with Crippen LogP contribution in [0.2, 0.25) is 0 Å². The summed E-state index contributed by atoms with van der Waals surface area (Å²) in [5, 5.41) is 0.634. The number of fused-ring (bicyclic) bond motifs is 1. The molecule has 2 aromatic carbocycles. The molecule has 1 fully saturated rings. The third-order valence-corrected chi connectivity index (χ3v) is 5.76. The Morgan fingerprint density at radius 1 is 1.07 bits per heavy atom. The van der Waals surface area contributed by atoms with Gasteiger partial charge in [0, 0.05) is 31.0 Å². The van der Waals surface area contributed by atoms with Crippen LogP contribution < -0.4 is 0 Å². The molecule has 5 nitrogen and oxygen atoms in total. The Hall–Kier alpha value is -2.31. The molecule has 140 valence electrons. The molecular formula is C21H23N3O2S. The second-order valence-corrected chi connectivity index (χ2v) is 7.77. The standard InChI is InChI=1S/C21H23N3O2S/c1-23-11-6-12-24(14-13-23)20(25)17-8-3-2-7-16(17)15-27-21-22-18-9-4-5-10-19(18)26-21/h2-5,7-10H,6,11-15H2,1H3. The zero-order chi connectivity index (χ0) is 18.6. The zero-order valence-electron chi connectivity index (χ0n) is 15.4. The predicted molar refractivity (Wildman–Crippen MR) is 108 cm³/mol. The van der Waals surface area contributed by atoms with Gasteiger partial charge in [0.15, 0.2) is 5.58 Å². The number of hydrogen-bond donors (Lipinski definition) is 0. The maximum absolute atomic E-state index is 13.1. The Labute approximate surface area is 163 Å². The first-order valence-electron chi connectivity index (χ1n) is 9.25. The van der Waals surface area contributed by atoms with Crippen molar-refractivity contribution >= 4 is 28.8 Å². The van der Waals surface area contributed by atoms with E-state index in [1.165, 1.54) is 11.8 Å². The molecule has 27 heavy (non-hydrogen) atoms. The Bertz CT molecular complexity index is 907. The van der Waals surface area contributed by atoms with Crippen LogP contribution >= 0.6 is 11.8 Å². The number of aromatic nitrogens is 1. The van der Waals surface area contributed by atoms with Gasteiger partial charge in [0.25, 0.3) is 11.1 Å². The first-order valence-corrected chi connectivity index (χ1v) is 10.2. The molecule has 1 amide bonds. The first-order chi connectivity index (χ1) is 13.2. The number of oxazole rings is 1. The van der Waals surface area contributed by atoms with E-state index < -0.39 is 0 Å². The van der Waals surface area contributed by atoms with Crippen LogP contribution in [-0.2, 0) is 5.75 Å². The molecule has 0 bridgehead atoms. The Balaban J connectivity index is 1.49. The molecule has 0 saturated carbocycles. The summed E-state index contributed by atoms with van der Waals surface area (Å²) in [6.07, 6.45) is 1.02. The maximum Gasteiger partial charge on any atom is 0.257 e. The van der Waals surface area contributed by atoms with Gasteiger partial charge in [-0.3, -0.25) is 4.79 Å². The van der Waals surface area contributed by atoms with Crippen LogP contribution in [0.3, 0.4) is 0 Å². The third-order valence-electron chi connectivity index (χ3n) is 4.88. The van der Waals surface area contributed by atoms with Crippen molar-refractivity contribution in [1.82, 2.24) is 14.8 Å².